The van der Waals surface area contributed by atoms with Gasteiger partial charge in [-0.2, -0.15) is 0 Å². The van der Waals surface area contributed by atoms with Crippen LogP contribution in [-0.4, -0.2) is 26.0 Å². The summed E-state index contributed by atoms with van der Waals surface area (Å²) >= 11 is 0. The molecule has 0 unspecified atom stereocenters. The predicted molar refractivity (Wildman–Crippen MR) is 129 cm³/mol. The van der Waals surface area contributed by atoms with E-state index in [1.165, 1.54) is 0 Å². The van der Waals surface area contributed by atoms with E-state index in [0.717, 1.165) is 11.3 Å². The van der Waals surface area contributed by atoms with Crippen LogP contribution in [-0.2, 0) is 20.9 Å². The first-order valence-electron chi connectivity index (χ1n) is 11.4. The van der Waals surface area contributed by atoms with Crippen molar-refractivity contribution in [1.29, 1.82) is 0 Å². The van der Waals surface area contributed by atoms with Gasteiger partial charge in [0.25, 0.3) is 0 Å². The summed E-state index contributed by atoms with van der Waals surface area (Å²) in [6.45, 7) is 6.17. The maximum Gasteiger partial charge on any atom is 0.337 e. The lowest BCUT2D eigenvalue weighted by molar-refractivity contribution is -0.140. The number of dihydropyridines is 1. The second kappa shape index (κ2) is 9.37. The molecular weight excluding hydrogens is 430 g/mol. The summed E-state index contributed by atoms with van der Waals surface area (Å²) in [6.07, 6.45) is 1.11. The maximum atomic E-state index is 13.5. The fourth-order valence-electron chi connectivity index (χ4n) is 4.96. The number of carbonyl (C=O) groups is 2. The van der Waals surface area contributed by atoms with Crippen LogP contribution < -0.4 is 14.8 Å². The van der Waals surface area contributed by atoms with Gasteiger partial charge >= 0.3 is 5.97 Å². The Labute approximate surface area is 200 Å². The first kappa shape index (κ1) is 23.6. The van der Waals surface area contributed by atoms with Crippen LogP contribution >= 0.6 is 0 Å². The predicted octanol–water partition coefficient (Wildman–Crippen LogP) is 5.05. The highest BCUT2D eigenvalue weighted by Gasteiger charge is 2.44. The van der Waals surface area contributed by atoms with Gasteiger partial charge in [0.15, 0.2) is 17.3 Å². The molecule has 2 aliphatic rings. The summed E-state index contributed by atoms with van der Waals surface area (Å²) in [4.78, 5) is 27.0. The van der Waals surface area contributed by atoms with Crippen LogP contribution in [0.3, 0.4) is 0 Å². The topological polar surface area (TPSA) is 73.9 Å². The van der Waals surface area contributed by atoms with Gasteiger partial charge in [0.1, 0.15) is 6.61 Å². The molecule has 178 valence electrons. The monoisotopic (exact) mass is 461 g/mol. The number of ether oxygens (including phenoxy) is 3. The van der Waals surface area contributed by atoms with E-state index in [1.807, 2.05) is 49.4 Å². The van der Waals surface area contributed by atoms with E-state index in [1.54, 1.807) is 20.3 Å². The van der Waals surface area contributed by atoms with Crippen LogP contribution in [0, 0.1) is 5.41 Å². The molecule has 0 saturated heterocycles. The van der Waals surface area contributed by atoms with Crippen molar-refractivity contribution >= 4 is 11.8 Å². The third kappa shape index (κ3) is 4.45. The largest absolute Gasteiger partial charge is 0.493 e. The molecule has 1 heterocycles. The smallest absolute Gasteiger partial charge is 0.337 e. The van der Waals surface area contributed by atoms with Crippen LogP contribution in [0.1, 0.15) is 50.7 Å². The molecular formula is C28H31NO5. The highest BCUT2D eigenvalue weighted by atomic mass is 16.5. The minimum Gasteiger partial charge on any atom is -0.493 e. The number of nitrogens with one attached hydrogen (secondary N) is 1. The Hall–Kier alpha value is -3.54. The van der Waals surface area contributed by atoms with Crippen molar-refractivity contribution in [3.63, 3.8) is 0 Å². The quantitative estimate of drug-likeness (QED) is 0.607. The number of hydrogen-bond donors (Lipinski definition) is 1. The van der Waals surface area contributed by atoms with Crippen molar-refractivity contribution in [1.82, 2.24) is 5.32 Å². The van der Waals surface area contributed by atoms with Gasteiger partial charge in [0.05, 0.1) is 25.7 Å². The lowest BCUT2D eigenvalue weighted by atomic mass is 9.68. The number of Topliss-reactive ketones (excluding diaryl/α,β-unsaturated/α-hetero) is 1. The molecule has 6 heteroatoms. The summed E-state index contributed by atoms with van der Waals surface area (Å²) in [6, 6.07) is 15.1. The Morgan fingerprint density at radius 3 is 2.44 bits per heavy atom. The number of para-hydroxylation sites is 1. The summed E-state index contributed by atoms with van der Waals surface area (Å²) in [5, 5.41) is 3.36. The Morgan fingerprint density at radius 1 is 1.03 bits per heavy atom. The zero-order valence-corrected chi connectivity index (χ0v) is 20.4. The van der Waals surface area contributed by atoms with Crippen molar-refractivity contribution in [3.05, 3.63) is 82.2 Å². The third-order valence-electron chi connectivity index (χ3n) is 6.42. The van der Waals surface area contributed by atoms with Crippen molar-refractivity contribution in [2.24, 2.45) is 5.41 Å². The molecule has 1 N–H and O–H groups in total. The Bertz CT molecular complexity index is 1180. The summed E-state index contributed by atoms with van der Waals surface area (Å²) in [5.74, 6) is -0.0166. The minimum atomic E-state index is -0.617. The fourth-order valence-corrected chi connectivity index (χ4v) is 4.96. The molecule has 1 atom stereocenters. The van der Waals surface area contributed by atoms with Crippen molar-refractivity contribution in [2.45, 2.75) is 46.1 Å². The first-order valence-corrected chi connectivity index (χ1v) is 11.4. The number of benzene rings is 2. The van der Waals surface area contributed by atoms with Gasteiger partial charge in [0.2, 0.25) is 0 Å². The normalized spacial score (nSPS) is 19.3. The van der Waals surface area contributed by atoms with Crippen molar-refractivity contribution < 1.29 is 23.8 Å². The van der Waals surface area contributed by atoms with Gasteiger partial charge in [-0.3, -0.25) is 4.79 Å². The SMILES string of the molecule is COc1cccc([C@H]2C(C(=O)OCc3ccccc3)=C(C)NC3=C2C(=O)CC(C)(C)C3)c1OC. The van der Waals surface area contributed by atoms with Crippen LogP contribution in [0.2, 0.25) is 0 Å². The average Bonchev–Trinajstić information content (AvgIpc) is 2.80. The molecule has 34 heavy (non-hydrogen) atoms. The van der Waals surface area contributed by atoms with E-state index in [4.69, 9.17) is 14.2 Å². The molecule has 0 bridgehead atoms. The zero-order valence-electron chi connectivity index (χ0n) is 20.4. The third-order valence-corrected chi connectivity index (χ3v) is 6.42. The van der Waals surface area contributed by atoms with Gasteiger partial charge in [-0.05, 0) is 30.4 Å². The molecule has 0 spiro atoms. The number of allylic oxidation sites excluding steroid dienone is 3. The van der Waals surface area contributed by atoms with Crippen LogP contribution in [0.25, 0.3) is 0 Å². The number of methoxy groups -OCH3 is 2. The maximum absolute atomic E-state index is 13.5. The standard InChI is InChI=1S/C28H31NO5/c1-17-23(27(31)34-16-18-10-7-6-8-11-18)24(19-12-9-13-22(32-4)26(19)33-5)25-20(29-17)14-28(2,3)15-21(25)30/h6-13,24,29H,14-16H2,1-5H3/t24-/m0/s1. The Morgan fingerprint density at radius 2 is 1.76 bits per heavy atom. The lowest BCUT2D eigenvalue weighted by Crippen LogP contribution is -2.38. The van der Waals surface area contributed by atoms with Crippen LogP contribution in [0.15, 0.2) is 71.1 Å². The van der Waals surface area contributed by atoms with Gasteiger partial charge in [-0.25, -0.2) is 4.79 Å². The molecule has 0 amide bonds. The number of ketones is 1. The first-order chi connectivity index (χ1) is 16.3. The second-order valence-electron chi connectivity index (χ2n) is 9.57. The average molecular weight is 462 g/mol. The molecule has 0 saturated carbocycles. The number of carbonyl (C=O) groups excluding carboxylic acids is 2. The number of esters is 1. The molecule has 0 aromatic heterocycles. The lowest BCUT2D eigenvalue weighted by Gasteiger charge is -2.39. The molecule has 1 aliphatic carbocycles. The molecule has 6 nitrogen and oxygen atoms in total. The van der Waals surface area contributed by atoms with E-state index < -0.39 is 11.9 Å². The molecule has 2 aromatic carbocycles. The zero-order chi connectivity index (χ0) is 24.5. The van der Waals surface area contributed by atoms with E-state index >= 15 is 0 Å². The summed E-state index contributed by atoms with van der Waals surface area (Å²) in [5.41, 5.74) is 3.97. The van der Waals surface area contributed by atoms with Gasteiger partial charge in [-0.1, -0.05) is 56.3 Å². The van der Waals surface area contributed by atoms with E-state index in [0.29, 0.717) is 46.7 Å². The Balaban J connectivity index is 1.82. The van der Waals surface area contributed by atoms with E-state index in [9.17, 15) is 9.59 Å². The van der Waals surface area contributed by atoms with Crippen LogP contribution in [0.4, 0.5) is 0 Å². The number of hydrogen-bond acceptors (Lipinski definition) is 6. The molecule has 0 radical (unpaired) electrons. The van der Waals surface area contributed by atoms with Gasteiger partial charge < -0.3 is 19.5 Å². The molecule has 1 aliphatic heterocycles. The van der Waals surface area contributed by atoms with Crippen molar-refractivity contribution in [2.75, 3.05) is 14.2 Å². The highest BCUT2D eigenvalue weighted by molar-refractivity contribution is 6.04. The van der Waals surface area contributed by atoms with E-state index in [2.05, 4.69) is 19.2 Å². The van der Waals surface area contributed by atoms with Crippen molar-refractivity contribution in [3.8, 4) is 11.5 Å². The van der Waals surface area contributed by atoms with Gasteiger partial charge in [-0.15, -0.1) is 0 Å². The molecule has 4 rings (SSSR count). The number of rotatable bonds is 6. The summed E-state index contributed by atoms with van der Waals surface area (Å²) in [7, 11) is 3.13. The van der Waals surface area contributed by atoms with E-state index in [-0.39, 0.29) is 17.8 Å². The Kier molecular flexibility index (Phi) is 6.51. The van der Waals surface area contributed by atoms with Crippen LogP contribution in [0.5, 0.6) is 11.5 Å². The fraction of sp³-hybridized carbons (Fsp3) is 0.357. The van der Waals surface area contributed by atoms with Gasteiger partial charge in [0, 0.05) is 29.0 Å². The summed E-state index contributed by atoms with van der Waals surface area (Å²) < 4.78 is 17.0. The second-order valence-corrected chi connectivity index (χ2v) is 9.57. The highest BCUT2D eigenvalue weighted by Crippen LogP contribution is 2.50. The molecule has 2 aromatic rings. The molecule has 0 fully saturated rings. The minimum absolute atomic E-state index is 0.0227.